The molecule has 0 bridgehead atoms. The Labute approximate surface area is 107 Å². The van der Waals surface area contributed by atoms with E-state index in [0.717, 1.165) is 6.42 Å². The van der Waals surface area contributed by atoms with Crippen LogP contribution in [0.5, 0.6) is 0 Å². The van der Waals surface area contributed by atoms with E-state index in [0.29, 0.717) is 35.3 Å². The number of carbonyl (C=O) groups excluding carboxylic acids is 1. The van der Waals surface area contributed by atoms with E-state index in [1.165, 1.54) is 6.20 Å². The summed E-state index contributed by atoms with van der Waals surface area (Å²) in [4.78, 5) is 20.1. The molecule has 1 aromatic heterocycles. The third-order valence-corrected chi connectivity index (χ3v) is 3.29. The van der Waals surface area contributed by atoms with Crippen molar-refractivity contribution in [2.24, 2.45) is 5.41 Å². The minimum Gasteiger partial charge on any atom is -0.462 e. The number of aryl methyl sites for hydroxylation is 1. The second-order valence-corrected chi connectivity index (χ2v) is 5.30. The summed E-state index contributed by atoms with van der Waals surface area (Å²) in [5.41, 5.74) is 1.39. The first-order chi connectivity index (χ1) is 8.44. The highest BCUT2D eigenvalue weighted by atomic mass is 16.5. The first kappa shape index (κ1) is 12.8. The number of esters is 1. The normalized spacial score (nSPS) is 20.3. The van der Waals surface area contributed by atoms with Crippen molar-refractivity contribution in [3.63, 3.8) is 0 Å². The summed E-state index contributed by atoms with van der Waals surface area (Å²) in [6, 6.07) is 0.422. The molecule has 1 saturated carbocycles. The van der Waals surface area contributed by atoms with Crippen LogP contribution in [-0.2, 0) is 4.74 Å². The molecule has 1 atom stereocenters. The number of nitrogens with zero attached hydrogens (tertiary/aromatic N) is 2. The standard InChI is InChI=1S/C13H19N3O2/c1-5-18-11(17)9-7-14-12(15-8(9)2)16-10-6-13(10,3)4/h7,10H,5-6H2,1-4H3,(H,14,15,16). The molecule has 2 rings (SSSR count). The van der Waals surface area contributed by atoms with E-state index in [2.05, 4.69) is 29.1 Å². The average Bonchev–Trinajstić information content (AvgIpc) is 2.86. The van der Waals surface area contributed by atoms with Gasteiger partial charge in [-0.15, -0.1) is 0 Å². The number of rotatable bonds is 4. The zero-order chi connectivity index (χ0) is 13.3. The lowest BCUT2D eigenvalue weighted by atomic mass is 10.2. The summed E-state index contributed by atoms with van der Waals surface area (Å²) >= 11 is 0. The molecule has 1 N–H and O–H groups in total. The molecule has 1 aliphatic rings. The van der Waals surface area contributed by atoms with E-state index in [1.807, 2.05) is 0 Å². The molecule has 0 aromatic carbocycles. The van der Waals surface area contributed by atoms with Gasteiger partial charge in [0.15, 0.2) is 0 Å². The smallest absolute Gasteiger partial charge is 0.341 e. The van der Waals surface area contributed by atoms with Gasteiger partial charge in [0.1, 0.15) is 0 Å². The first-order valence-electron chi connectivity index (χ1n) is 6.21. The van der Waals surface area contributed by atoms with Gasteiger partial charge in [0.2, 0.25) is 5.95 Å². The van der Waals surface area contributed by atoms with Crippen LogP contribution >= 0.6 is 0 Å². The van der Waals surface area contributed by atoms with Crippen molar-refractivity contribution in [2.75, 3.05) is 11.9 Å². The third kappa shape index (κ3) is 2.60. The van der Waals surface area contributed by atoms with Gasteiger partial charge in [-0.25, -0.2) is 14.8 Å². The van der Waals surface area contributed by atoms with E-state index < -0.39 is 0 Å². The first-order valence-corrected chi connectivity index (χ1v) is 6.21. The molecule has 0 aliphatic heterocycles. The molecule has 1 aliphatic carbocycles. The van der Waals surface area contributed by atoms with Crippen LogP contribution < -0.4 is 5.32 Å². The molecule has 0 amide bonds. The molecule has 0 saturated heterocycles. The summed E-state index contributed by atoms with van der Waals surface area (Å²) in [7, 11) is 0. The molecule has 1 unspecified atom stereocenters. The Balaban J connectivity index is 2.08. The third-order valence-electron chi connectivity index (χ3n) is 3.29. The minimum absolute atomic E-state index is 0.317. The fraction of sp³-hybridized carbons (Fsp3) is 0.615. The molecule has 98 valence electrons. The molecule has 5 heteroatoms. The average molecular weight is 249 g/mol. The van der Waals surface area contributed by atoms with Crippen LogP contribution in [0.25, 0.3) is 0 Å². The van der Waals surface area contributed by atoms with Gasteiger partial charge in [-0.2, -0.15) is 0 Å². The largest absolute Gasteiger partial charge is 0.462 e. The van der Waals surface area contributed by atoms with Crippen LogP contribution in [0.1, 0.15) is 43.2 Å². The van der Waals surface area contributed by atoms with Crippen molar-refractivity contribution in [3.8, 4) is 0 Å². The highest BCUT2D eigenvalue weighted by Crippen LogP contribution is 2.46. The zero-order valence-electron chi connectivity index (χ0n) is 11.3. The number of ether oxygens (including phenoxy) is 1. The maximum Gasteiger partial charge on any atom is 0.341 e. The summed E-state index contributed by atoms with van der Waals surface area (Å²) < 4.78 is 4.94. The highest BCUT2D eigenvalue weighted by Gasteiger charge is 2.46. The van der Waals surface area contributed by atoms with Crippen LogP contribution in [0.15, 0.2) is 6.20 Å². The Kier molecular flexibility index (Phi) is 3.24. The SMILES string of the molecule is CCOC(=O)c1cnc(NC2CC2(C)C)nc1C. The molecule has 0 radical (unpaired) electrons. The lowest BCUT2D eigenvalue weighted by molar-refractivity contribution is 0.0524. The van der Waals surface area contributed by atoms with Crippen molar-refractivity contribution in [3.05, 3.63) is 17.5 Å². The number of hydrogen-bond acceptors (Lipinski definition) is 5. The Bertz CT molecular complexity index is 471. The van der Waals surface area contributed by atoms with Crippen molar-refractivity contribution in [1.82, 2.24) is 9.97 Å². The predicted octanol–water partition coefficient (Wildman–Crippen LogP) is 2.17. The van der Waals surface area contributed by atoms with E-state index in [9.17, 15) is 4.79 Å². The molecular formula is C13H19N3O2. The molecule has 18 heavy (non-hydrogen) atoms. The minimum atomic E-state index is -0.367. The summed E-state index contributed by atoms with van der Waals surface area (Å²) in [5, 5.41) is 3.27. The lowest BCUT2D eigenvalue weighted by Crippen LogP contribution is -2.14. The van der Waals surface area contributed by atoms with Crippen molar-refractivity contribution in [2.45, 2.75) is 40.2 Å². The number of hydrogen-bond donors (Lipinski definition) is 1. The van der Waals surface area contributed by atoms with Crippen LogP contribution in [-0.4, -0.2) is 28.6 Å². The fourth-order valence-electron chi connectivity index (χ4n) is 1.82. The summed E-state index contributed by atoms with van der Waals surface area (Å²) in [6.07, 6.45) is 2.65. The molecule has 1 fully saturated rings. The maximum atomic E-state index is 11.6. The van der Waals surface area contributed by atoms with E-state index in [4.69, 9.17) is 4.74 Å². The molecule has 0 spiro atoms. The topological polar surface area (TPSA) is 64.1 Å². The van der Waals surface area contributed by atoms with E-state index in [1.54, 1.807) is 13.8 Å². The Morgan fingerprint density at radius 3 is 2.78 bits per heavy atom. The van der Waals surface area contributed by atoms with E-state index in [-0.39, 0.29) is 5.97 Å². The van der Waals surface area contributed by atoms with Crippen LogP contribution in [0.4, 0.5) is 5.95 Å². The predicted molar refractivity (Wildman–Crippen MR) is 68.5 cm³/mol. The summed E-state index contributed by atoms with van der Waals surface area (Å²) in [5.74, 6) is 0.212. The van der Waals surface area contributed by atoms with Crippen molar-refractivity contribution >= 4 is 11.9 Å². The Morgan fingerprint density at radius 1 is 1.61 bits per heavy atom. The summed E-state index contributed by atoms with van der Waals surface area (Å²) in [6.45, 7) is 8.32. The number of aromatic nitrogens is 2. The second-order valence-electron chi connectivity index (χ2n) is 5.30. The van der Waals surface area contributed by atoms with Crippen LogP contribution in [0.2, 0.25) is 0 Å². The van der Waals surface area contributed by atoms with Crippen LogP contribution in [0, 0.1) is 12.3 Å². The monoisotopic (exact) mass is 249 g/mol. The molecular weight excluding hydrogens is 230 g/mol. The van der Waals surface area contributed by atoms with E-state index >= 15 is 0 Å². The quantitative estimate of drug-likeness (QED) is 0.828. The molecule has 1 heterocycles. The Hall–Kier alpha value is -1.65. The second kappa shape index (κ2) is 4.55. The zero-order valence-corrected chi connectivity index (χ0v) is 11.3. The van der Waals surface area contributed by atoms with Crippen molar-refractivity contribution in [1.29, 1.82) is 0 Å². The van der Waals surface area contributed by atoms with Gasteiger partial charge < -0.3 is 10.1 Å². The maximum absolute atomic E-state index is 11.6. The highest BCUT2D eigenvalue weighted by molar-refractivity contribution is 5.90. The Morgan fingerprint density at radius 2 is 2.28 bits per heavy atom. The molecule has 5 nitrogen and oxygen atoms in total. The van der Waals surface area contributed by atoms with Gasteiger partial charge in [0.25, 0.3) is 0 Å². The van der Waals surface area contributed by atoms with Crippen LogP contribution in [0.3, 0.4) is 0 Å². The lowest BCUT2D eigenvalue weighted by Gasteiger charge is -2.09. The molecule has 1 aromatic rings. The van der Waals surface area contributed by atoms with Gasteiger partial charge in [0.05, 0.1) is 17.9 Å². The van der Waals surface area contributed by atoms with Gasteiger partial charge >= 0.3 is 5.97 Å². The van der Waals surface area contributed by atoms with Crippen molar-refractivity contribution < 1.29 is 9.53 Å². The van der Waals surface area contributed by atoms with Gasteiger partial charge in [-0.3, -0.25) is 0 Å². The number of carbonyl (C=O) groups is 1. The van der Waals surface area contributed by atoms with Gasteiger partial charge in [-0.05, 0) is 25.7 Å². The van der Waals surface area contributed by atoms with Gasteiger partial charge in [0, 0.05) is 12.2 Å². The number of anilines is 1. The number of nitrogens with one attached hydrogen (secondary N) is 1. The van der Waals surface area contributed by atoms with Gasteiger partial charge in [-0.1, -0.05) is 13.8 Å². The fourth-order valence-corrected chi connectivity index (χ4v) is 1.82.